The zero-order valence-corrected chi connectivity index (χ0v) is 45.7. The van der Waals surface area contributed by atoms with Gasteiger partial charge < -0.3 is 56.2 Å². The van der Waals surface area contributed by atoms with Gasteiger partial charge in [-0.15, -0.1) is 0 Å². The highest BCUT2D eigenvalue weighted by Gasteiger charge is 2.59. The standard InChI is InChI=1S/C51H86O20Si/c1-11-13-15-17-19-21-23-25-27-29-31-72(30-28-26-24-22-20-18-16-14-12-2,70-50-48(66-40(9)58)46(64-38(7)56)44(62-36(5)54)42(68-50)32-60-34(3)52)71-51-49(67-41(10)59)47(65-39(8)57)45(63-37(6)55)43(69-51)33-61-35(4)53/h42-51H,11-33H2,1-10H3. The van der Waals surface area contributed by atoms with Gasteiger partial charge in [0.05, 0.1) is 0 Å². The molecule has 72 heavy (non-hydrogen) atoms. The summed E-state index contributed by atoms with van der Waals surface area (Å²) in [6, 6.07) is 0.472. The van der Waals surface area contributed by atoms with Crippen LogP contribution in [0.1, 0.15) is 191 Å². The lowest BCUT2D eigenvalue weighted by Crippen LogP contribution is -2.67. The highest BCUT2D eigenvalue weighted by Crippen LogP contribution is 2.39. The van der Waals surface area contributed by atoms with E-state index in [-0.39, 0.29) is 12.1 Å². The van der Waals surface area contributed by atoms with E-state index in [0.29, 0.717) is 12.8 Å². The van der Waals surface area contributed by atoms with E-state index in [1.807, 2.05) is 0 Å². The Hall–Kier alpha value is -4.18. The maximum absolute atomic E-state index is 13.0. The summed E-state index contributed by atoms with van der Waals surface area (Å²) in [6.45, 7) is 12.4. The van der Waals surface area contributed by atoms with Gasteiger partial charge in [-0.25, -0.2) is 0 Å². The van der Waals surface area contributed by atoms with Crippen LogP contribution in [0.3, 0.4) is 0 Å². The molecule has 0 aromatic heterocycles. The Morgan fingerprint density at radius 1 is 0.333 bits per heavy atom. The summed E-state index contributed by atoms with van der Waals surface area (Å²) in [5.74, 6) is -6.37. The van der Waals surface area contributed by atoms with Gasteiger partial charge in [-0.3, -0.25) is 38.4 Å². The Labute approximate surface area is 427 Å². The zero-order chi connectivity index (χ0) is 53.6. The Kier molecular flexibility index (Phi) is 31.2. The summed E-state index contributed by atoms with van der Waals surface area (Å²) in [4.78, 5) is 101. The molecule has 0 bridgehead atoms. The summed E-state index contributed by atoms with van der Waals surface area (Å²) in [6.07, 6.45) is 3.56. The highest BCUT2D eigenvalue weighted by atomic mass is 28.4. The Bertz CT molecular complexity index is 1580. The van der Waals surface area contributed by atoms with Crippen molar-refractivity contribution in [3.8, 4) is 0 Å². The predicted octanol–water partition coefficient (Wildman–Crippen LogP) is 8.08. The van der Waals surface area contributed by atoms with Gasteiger partial charge in [-0.05, 0) is 12.1 Å². The number of rotatable bonds is 35. The molecule has 0 N–H and O–H groups in total. The topological polar surface area (TPSA) is 247 Å². The van der Waals surface area contributed by atoms with Gasteiger partial charge in [-0.2, -0.15) is 0 Å². The number of carbonyl (C=O) groups excluding carboxylic acids is 8. The van der Waals surface area contributed by atoms with Crippen LogP contribution in [0.25, 0.3) is 0 Å². The van der Waals surface area contributed by atoms with E-state index in [2.05, 4.69) is 13.8 Å². The van der Waals surface area contributed by atoms with E-state index in [1.165, 1.54) is 33.1 Å². The van der Waals surface area contributed by atoms with Crippen molar-refractivity contribution in [3.05, 3.63) is 0 Å². The molecule has 0 aromatic carbocycles. The third-order valence-corrected chi connectivity index (χ3v) is 15.7. The third-order valence-electron chi connectivity index (χ3n) is 12.1. The average molecular weight is 1050 g/mol. The van der Waals surface area contributed by atoms with Crippen LogP contribution in [0.4, 0.5) is 0 Å². The third kappa shape index (κ3) is 25.2. The quantitative estimate of drug-likeness (QED) is 0.0252. The molecule has 10 atom stereocenters. The molecule has 2 aliphatic heterocycles. The van der Waals surface area contributed by atoms with Crippen LogP contribution in [0.15, 0.2) is 0 Å². The summed E-state index contributed by atoms with van der Waals surface area (Å²) in [5, 5.41) is 0. The van der Waals surface area contributed by atoms with Crippen molar-refractivity contribution < 1.29 is 94.6 Å². The zero-order valence-electron chi connectivity index (χ0n) is 44.7. The first-order valence-electron chi connectivity index (χ1n) is 26.2. The van der Waals surface area contributed by atoms with Crippen molar-refractivity contribution in [2.24, 2.45) is 0 Å². The van der Waals surface area contributed by atoms with E-state index >= 15 is 0 Å². The van der Waals surface area contributed by atoms with Gasteiger partial charge in [-0.1, -0.05) is 136 Å². The monoisotopic (exact) mass is 1050 g/mol. The molecule has 0 saturated carbocycles. The molecular weight excluding hydrogens is 961 g/mol. The minimum atomic E-state index is -4.07. The van der Waals surface area contributed by atoms with Gasteiger partial charge in [0, 0.05) is 55.4 Å². The van der Waals surface area contributed by atoms with Crippen molar-refractivity contribution in [1.29, 1.82) is 0 Å². The second-order valence-corrected chi connectivity index (χ2v) is 22.1. The second kappa shape index (κ2) is 35.1. The Balaban J connectivity index is 2.91. The van der Waals surface area contributed by atoms with Crippen molar-refractivity contribution in [2.45, 2.75) is 265 Å². The lowest BCUT2D eigenvalue weighted by molar-refractivity contribution is -0.308. The maximum atomic E-state index is 13.0. The molecule has 21 heteroatoms. The van der Waals surface area contributed by atoms with E-state index in [0.717, 1.165) is 131 Å². The molecule has 0 spiro atoms. The summed E-state index contributed by atoms with van der Waals surface area (Å²) >= 11 is 0. The summed E-state index contributed by atoms with van der Waals surface area (Å²) in [5.41, 5.74) is 0. The van der Waals surface area contributed by atoms with Gasteiger partial charge in [0.25, 0.3) is 0 Å². The minimum absolute atomic E-state index is 0.236. The van der Waals surface area contributed by atoms with Crippen molar-refractivity contribution in [3.63, 3.8) is 0 Å². The molecule has 0 amide bonds. The maximum Gasteiger partial charge on any atom is 0.342 e. The fraction of sp³-hybridized carbons (Fsp3) is 0.843. The molecule has 20 nitrogen and oxygen atoms in total. The molecule has 0 radical (unpaired) electrons. The first-order valence-corrected chi connectivity index (χ1v) is 28.4. The smallest absolute Gasteiger partial charge is 0.342 e. The number of hydrogen-bond acceptors (Lipinski definition) is 20. The molecule has 414 valence electrons. The first-order chi connectivity index (χ1) is 34.2. The lowest BCUT2D eigenvalue weighted by Gasteiger charge is -2.49. The number of unbranched alkanes of at least 4 members (excludes halogenated alkanes) is 17. The van der Waals surface area contributed by atoms with Gasteiger partial charge in [0.2, 0.25) is 0 Å². The first kappa shape index (κ1) is 63.9. The molecule has 10 unspecified atom stereocenters. The molecule has 2 fully saturated rings. The molecule has 2 saturated heterocycles. The number of ether oxygens (including phenoxy) is 10. The van der Waals surface area contributed by atoms with Crippen LogP contribution < -0.4 is 0 Å². The highest BCUT2D eigenvalue weighted by molar-refractivity contribution is 6.67. The Morgan fingerprint density at radius 3 is 0.847 bits per heavy atom. The molecule has 2 rings (SSSR count). The van der Waals surface area contributed by atoms with Crippen molar-refractivity contribution in [2.75, 3.05) is 13.2 Å². The summed E-state index contributed by atoms with van der Waals surface area (Å²) < 4.78 is 72.6. The number of hydrogen-bond donors (Lipinski definition) is 0. The molecule has 2 heterocycles. The molecule has 0 aromatic rings. The predicted molar refractivity (Wildman–Crippen MR) is 261 cm³/mol. The van der Waals surface area contributed by atoms with Crippen LogP contribution in [-0.2, 0) is 94.6 Å². The van der Waals surface area contributed by atoms with Crippen LogP contribution in [0, 0.1) is 0 Å². The van der Waals surface area contributed by atoms with Crippen LogP contribution in [-0.4, -0.2) is 131 Å². The van der Waals surface area contributed by atoms with Gasteiger partial charge in [0.15, 0.2) is 49.2 Å². The fourth-order valence-electron chi connectivity index (χ4n) is 8.97. The van der Waals surface area contributed by atoms with E-state index < -0.39 is 131 Å². The second-order valence-electron chi connectivity index (χ2n) is 18.8. The fourth-order valence-corrected chi connectivity index (χ4v) is 12.5. The van der Waals surface area contributed by atoms with E-state index in [9.17, 15) is 38.4 Å². The van der Waals surface area contributed by atoms with Crippen LogP contribution >= 0.6 is 0 Å². The Morgan fingerprint density at radius 2 is 0.583 bits per heavy atom. The van der Waals surface area contributed by atoms with Gasteiger partial charge in [0.1, 0.15) is 25.4 Å². The van der Waals surface area contributed by atoms with E-state index in [1.54, 1.807) is 0 Å². The number of carbonyl (C=O) groups is 8. The minimum Gasteiger partial charge on any atom is -0.463 e. The van der Waals surface area contributed by atoms with Gasteiger partial charge >= 0.3 is 56.3 Å². The molecule has 0 aliphatic carbocycles. The largest absolute Gasteiger partial charge is 0.463 e. The van der Waals surface area contributed by atoms with E-state index in [4.69, 9.17) is 56.2 Å². The van der Waals surface area contributed by atoms with Crippen molar-refractivity contribution >= 4 is 56.3 Å². The van der Waals surface area contributed by atoms with Crippen LogP contribution in [0.2, 0.25) is 12.1 Å². The average Bonchev–Trinajstić information content (AvgIpc) is 3.28. The molecular formula is C51H86O20Si. The number of esters is 8. The summed E-state index contributed by atoms with van der Waals surface area (Å²) in [7, 11) is -4.07. The lowest BCUT2D eigenvalue weighted by atomic mass is 9.98. The van der Waals surface area contributed by atoms with Crippen molar-refractivity contribution in [1.82, 2.24) is 0 Å². The van der Waals surface area contributed by atoms with Crippen LogP contribution in [0.5, 0.6) is 0 Å². The molecule has 2 aliphatic rings. The SMILES string of the molecule is CCCCCCCCCCCC[Si](CCCCCCCCCCC)(OC1OC(COC(C)=O)C(OC(C)=O)C(OC(C)=O)C1OC(C)=O)OC1OC(COC(C)=O)C(OC(C)=O)C(OC(C)=O)C1OC(C)=O. The normalized spacial score (nSPS) is 24.7.